The SMILES string of the molecule is CN(C)C(=O)C1CCC(c2ccc(Nc3cnc4c(c3)N3C(=O)CC[C@H]3CO4)nc2)OC1. The van der Waals surface area contributed by atoms with Crippen LogP contribution < -0.4 is 15.0 Å². The summed E-state index contributed by atoms with van der Waals surface area (Å²) in [5, 5.41) is 3.26. The van der Waals surface area contributed by atoms with Crippen molar-refractivity contribution in [1.82, 2.24) is 14.9 Å². The summed E-state index contributed by atoms with van der Waals surface area (Å²) in [5.74, 6) is 1.33. The van der Waals surface area contributed by atoms with Crippen molar-refractivity contribution in [2.45, 2.75) is 37.8 Å². The first-order valence-electron chi connectivity index (χ1n) is 11.0. The molecule has 3 atom stereocenters. The van der Waals surface area contributed by atoms with Gasteiger partial charge in [-0.05, 0) is 37.0 Å². The zero-order chi connectivity index (χ0) is 22.2. The molecule has 0 spiro atoms. The lowest BCUT2D eigenvalue weighted by molar-refractivity contribution is -0.139. The Kier molecular flexibility index (Phi) is 5.42. The van der Waals surface area contributed by atoms with Gasteiger partial charge in [0.2, 0.25) is 17.7 Å². The number of carbonyl (C=O) groups excluding carboxylic acids is 2. The van der Waals surface area contributed by atoms with Crippen LogP contribution in [0.5, 0.6) is 5.88 Å². The molecule has 0 radical (unpaired) electrons. The largest absolute Gasteiger partial charge is 0.474 e. The standard InChI is InChI=1S/C23H27N5O4/c1-27(2)23(30)15-3-6-19(31-12-15)14-4-7-20(24-10-14)26-16-9-18-22(25-11-16)32-13-17-5-8-21(29)28(17)18/h4,7,9-11,15,17,19H,3,5-6,8,12-13H2,1-2H3,(H,24,26)/t15?,17-,19?/m0/s1. The molecular formula is C23H27N5O4. The zero-order valence-electron chi connectivity index (χ0n) is 18.3. The summed E-state index contributed by atoms with van der Waals surface area (Å²) in [4.78, 5) is 36.7. The maximum atomic E-state index is 12.3. The highest BCUT2D eigenvalue weighted by Crippen LogP contribution is 2.39. The third-order valence-electron chi connectivity index (χ3n) is 6.33. The number of pyridine rings is 2. The van der Waals surface area contributed by atoms with Crippen LogP contribution in [-0.2, 0) is 14.3 Å². The van der Waals surface area contributed by atoms with Gasteiger partial charge < -0.3 is 24.6 Å². The maximum Gasteiger partial charge on any atom is 0.238 e. The molecule has 2 unspecified atom stereocenters. The number of fused-ring (bicyclic) bond motifs is 3. The number of nitrogens with one attached hydrogen (secondary N) is 1. The zero-order valence-corrected chi connectivity index (χ0v) is 18.3. The summed E-state index contributed by atoms with van der Waals surface area (Å²) in [5.41, 5.74) is 2.45. The van der Waals surface area contributed by atoms with Gasteiger partial charge in [0.15, 0.2) is 0 Å². The Morgan fingerprint density at radius 1 is 1.16 bits per heavy atom. The molecule has 0 aromatic carbocycles. The highest BCUT2D eigenvalue weighted by atomic mass is 16.5. The normalized spacial score (nSPS) is 24.4. The van der Waals surface area contributed by atoms with Gasteiger partial charge in [-0.1, -0.05) is 6.07 Å². The van der Waals surface area contributed by atoms with Crippen LogP contribution in [0.2, 0.25) is 0 Å². The van der Waals surface area contributed by atoms with Gasteiger partial charge in [-0.15, -0.1) is 0 Å². The number of ether oxygens (including phenoxy) is 2. The summed E-state index contributed by atoms with van der Waals surface area (Å²) in [6.07, 6.45) is 6.38. The quantitative estimate of drug-likeness (QED) is 0.785. The fourth-order valence-corrected chi connectivity index (χ4v) is 4.59. The molecule has 168 valence electrons. The first-order valence-corrected chi connectivity index (χ1v) is 11.0. The summed E-state index contributed by atoms with van der Waals surface area (Å²) >= 11 is 0. The minimum absolute atomic E-state index is 0.0524. The van der Waals surface area contributed by atoms with Crippen LogP contribution in [0.1, 0.15) is 37.4 Å². The summed E-state index contributed by atoms with van der Waals surface area (Å²) in [7, 11) is 3.55. The van der Waals surface area contributed by atoms with Gasteiger partial charge in [-0.2, -0.15) is 0 Å². The van der Waals surface area contributed by atoms with Crippen molar-refractivity contribution >= 4 is 29.0 Å². The van der Waals surface area contributed by atoms with E-state index in [0.29, 0.717) is 37.0 Å². The molecule has 5 rings (SSSR count). The maximum absolute atomic E-state index is 12.3. The van der Waals surface area contributed by atoms with Crippen molar-refractivity contribution in [3.63, 3.8) is 0 Å². The summed E-state index contributed by atoms with van der Waals surface area (Å²) in [6, 6.07) is 5.87. The molecule has 0 bridgehead atoms. The highest BCUT2D eigenvalue weighted by Gasteiger charge is 2.38. The molecule has 5 heterocycles. The average molecular weight is 438 g/mol. The van der Waals surface area contributed by atoms with Crippen molar-refractivity contribution in [1.29, 1.82) is 0 Å². The first kappa shape index (κ1) is 20.7. The van der Waals surface area contributed by atoms with E-state index in [1.165, 1.54) is 0 Å². The van der Waals surface area contributed by atoms with Crippen LogP contribution in [0.15, 0.2) is 30.6 Å². The minimum Gasteiger partial charge on any atom is -0.474 e. The number of rotatable bonds is 4. The molecule has 9 nitrogen and oxygen atoms in total. The fourth-order valence-electron chi connectivity index (χ4n) is 4.59. The van der Waals surface area contributed by atoms with E-state index in [1.54, 1.807) is 31.4 Å². The average Bonchev–Trinajstić information content (AvgIpc) is 3.20. The number of aromatic nitrogens is 2. The summed E-state index contributed by atoms with van der Waals surface area (Å²) in [6.45, 7) is 0.926. The van der Waals surface area contributed by atoms with E-state index in [4.69, 9.17) is 9.47 Å². The van der Waals surface area contributed by atoms with Gasteiger partial charge in [-0.3, -0.25) is 9.59 Å². The Hall–Kier alpha value is -3.20. The number of amides is 2. The lowest BCUT2D eigenvalue weighted by atomic mass is 9.94. The third-order valence-corrected chi connectivity index (χ3v) is 6.33. The molecule has 32 heavy (non-hydrogen) atoms. The Bertz CT molecular complexity index is 1020. The van der Waals surface area contributed by atoms with E-state index >= 15 is 0 Å². The van der Waals surface area contributed by atoms with Gasteiger partial charge in [0.05, 0.1) is 36.6 Å². The Morgan fingerprint density at radius 2 is 2.03 bits per heavy atom. The molecule has 2 aromatic rings. The van der Waals surface area contributed by atoms with Crippen molar-refractivity contribution in [2.24, 2.45) is 5.92 Å². The van der Waals surface area contributed by atoms with E-state index in [0.717, 1.165) is 30.5 Å². The molecule has 2 aromatic heterocycles. The van der Waals surface area contributed by atoms with Crippen molar-refractivity contribution in [2.75, 3.05) is 37.5 Å². The van der Waals surface area contributed by atoms with Crippen LogP contribution >= 0.6 is 0 Å². The topological polar surface area (TPSA) is 96.9 Å². The van der Waals surface area contributed by atoms with Gasteiger partial charge in [0.25, 0.3) is 0 Å². The van der Waals surface area contributed by atoms with Gasteiger partial charge in [0, 0.05) is 26.7 Å². The molecule has 3 aliphatic heterocycles. The van der Waals surface area contributed by atoms with Crippen LogP contribution in [0, 0.1) is 5.92 Å². The summed E-state index contributed by atoms with van der Waals surface area (Å²) < 4.78 is 11.7. The molecule has 2 saturated heterocycles. The molecule has 2 amide bonds. The minimum atomic E-state index is -0.0716. The predicted molar refractivity (Wildman–Crippen MR) is 118 cm³/mol. The fraction of sp³-hybridized carbons (Fsp3) is 0.478. The van der Waals surface area contributed by atoms with E-state index in [9.17, 15) is 9.59 Å². The second-order valence-corrected chi connectivity index (χ2v) is 8.75. The highest BCUT2D eigenvalue weighted by molar-refractivity contribution is 5.98. The van der Waals surface area contributed by atoms with Gasteiger partial charge in [-0.25, -0.2) is 9.97 Å². The van der Waals surface area contributed by atoms with Gasteiger partial charge in [0.1, 0.15) is 18.1 Å². The lowest BCUT2D eigenvalue weighted by Gasteiger charge is -2.31. The second kappa shape index (κ2) is 8.38. The number of hydrogen-bond acceptors (Lipinski definition) is 7. The molecule has 2 fully saturated rings. The van der Waals surface area contributed by atoms with Crippen LogP contribution in [0.4, 0.5) is 17.2 Å². The Balaban J connectivity index is 1.24. The number of anilines is 3. The first-order chi connectivity index (χ1) is 15.5. The Labute approximate surface area is 186 Å². The predicted octanol–water partition coefficient (Wildman–Crippen LogP) is 2.66. The molecule has 0 saturated carbocycles. The van der Waals surface area contributed by atoms with Crippen LogP contribution in [0.25, 0.3) is 0 Å². The van der Waals surface area contributed by atoms with Crippen molar-refractivity contribution < 1.29 is 19.1 Å². The number of hydrogen-bond donors (Lipinski definition) is 1. The van der Waals surface area contributed by atoms with Gasteiger partial charge >= 0.3 is 0 Å². The molecular weight excluding hydrogens is 410 g/mol. The van der Waals surface area contributed by atoms with E-state index < -0.39 is 0 Å². The molecule has 1 N–H and O–H groups in total. The number of nitrogens with zero attached hydrogens (tertiary/aromatic N) is 4. The van der Waals surface area contributed by atoms with E-state index in [1.807, 2.05) is 23.1 Å². The molecule has 3 aliphatic rings. The molecule has 0 aliphatic carbocycles. The lowest BCUT2D eigenvalue weighted by Crippen LogP contribution is -2.40. The van der Waals surface area contributed by atoms with E-state index in [2.05, 4.69) is 15.3 Å². The van der Waals surface area contributed by atoms with E-state index in [-0.39, 0.29) is 29.9 Å². The third kappa shape index (κ3) is 3.88. The van der Waals surface area contributed by atoms with Crippen LogP contribution in [0.3, 0.4) is 0 Å². The number of carbonyl (C=O) groups is 2. The molecule has 9 heteroatoms. The second-order valence-electron chi connectivity index (χ2n) is 8.75. The monoisotopic (exact) mass is 437 g/mol. The van der Waals surface area contributed by atoms with Crippen molar-refractivity contribution in [3.05, 3.63) is 36.2 Å². The van der Waals surface area contributed by atoms with Crippen molar-refractivity contribution in [3.8, 4) is 5.88 Å². The Morgan fingerprint density at radius 3 is 2.75 bits per heavy atom. The van der Waals surface area contributed by atoms with Crippen LogP contribution in [-0.4, -0.2) is 60.0 Å². The smallest absolute Gasteiger partial charge is 0.238 e.